The number of anilines is 1. The lowest BCUT2D eigenvalue weighted by molar-refractivity contribution is -0.113. The number of thioether (sulfide) groups is 1. The van der Waals surface area contributed by atoms with Crippen LogP contribution in [0, 0.1) is 0 Å². The molecule has 3 rings (SSSR count). The SMILES string of the molecule is C=CCn1c(SCC(=O)Nc2ccc(C(=O)OCC)cc2)nnc1C(C)Oc1ccc(OC)cc1. The predicted molar refractivity (Wildman–Crippen MR) is 134 cm³/mol. The number of carbonyl (C=O) groups is 2. The van der Waals surface area contributed by atoms with Gasteiger partial charge in [0.15, 0.2) is 17.1 Å². The summed E-state index contributed by atoms with van der Waals surface area (Å²) < 4.78 is 18.0. The monoisotopic (exact) mass is 496 g/mol. The minimum atomic E-state index is -0.400. The molecule has 0 aliphatic rings. The molecule has 0 saturated heterocycles. The van der Waals surface area contributed by atoms with Crippen molar-refractivity contribution in [2.75, 3.05) is 24.8 Å². The van der Waals surface area contributed by atoms with Crippen molar-refractivity contribution in [1.82, 2.24) is 14.8 Å². The molecular weight excluding hydrogens is 468 g/mol. The quantitative estimate of drug-likeness (QED) is 0.222. The molecule has 1 unspecified atom stereocenters. The van der Waals surface area contributed by atoms with Gasteiger partial charge in [0.25, 0.3) is 0 Å². The molecule has 1 N–H and O–H groups in total. The minimum Gasteiger partial charge on any atom is -0.497 e. The fourth-order valence-electron chi connectivity index (χ4n) is 3.15. The van der Waals surface area contributed by atoms with Crippen LogP contribution < -0.4 is 14.8 Å². The third kappa shape index (κ3) is 7.10. The largest absolute Gasteiger partial charge is 0.497 e. The van der Waals surface area contributed by atoms with Crippen molar-refractivity contribution in [3.05, 3.63) is 72.6 Å². The predicted octanol–water partition coefficient (Wildman–Crippen LogP) is 4.52. The second kappa shape index (κ2) is 12.6. The molecule has 0 saturated carbocycles. The lowest BCUT2D eigenvalue weighted by Gasteiger charge is -2.16. The molecule has 0 spiro atoms. The van der Waals surface area contributed by atoms with E-state index in [0.717, 1.165) is 5.75 Å². The number of nitrogens with one attached hydrogen (secondary N) is 1. The van der Waals surface area contributed by atoms with Gasteiger partial charge in [0.05, 0.1) is 25.0 Å². The average molecular weight is 497 g/mol. The molecule has 0 aliphatic heterocycles. The molecule has 0 fully saturated rings. The van der Waals surface area contributed by atoms with Crippen molar-refractivity contribution in [2.45, 2.75) is 31.7 Å². The number of aromatic nitrogens is 3. The summed E-state index contributed by atoms with van der Waals surface area (Å²) in [5.41, 5.74) is 1.01. The first-order valence-electron chi connectivity index (χ1n) is 11.0. The Balaban J connectivity index is 1.61. The number of carbonyl (C=O) groups excluding carboxylic acids is 2. The van der Waals surface area contributed by atoms with E-state index in [1.54, 1.807) is 44.4 Å². The first kappa shape index (κ1) is 25.8. The Bertz CT molecular complexity index is 1150. The fraction of sp³-hybridized carbons (Fsp3) is 0.280. The molecule has 0 bridgehead atoms. The Hall–Kier alpha value is -3.79. The average Bonchev–Trinajstić information content (AvgIpc) is 3.26. The zero-order valence-electron chi connectivity index (χ0n) is 19.9. The van der Waals surface area contributed by atoms with Crippen molar-refractivity contribution in [1.29, 1.82) is 0 Å². The van der Waals surface area contributed by atoms with Gasteiger partial charge in [-0.1, -0.05) is 17.8 Å². The summed E-state index contributed by atoms with van der Waals surface area (Å²) in [6.45, 7) is 8.22. The molecule has 2 aromatic carbocycles. The van der Waals surface area contributed by atoms with E-state index < -0.39 is 5.97 Å². The van der Waals surface area contributed by atoms with Crippen LogP contribution in [0.4, 0.5) is 5.69 Å². The summed E-state index contributed by atoms with van der Waals surface area (Å²) in [6.07, 6.45) is 1.36. The Kier molecular flexibility index (Phi) is 9.31. The second-order valence-electron chi connectivity index (χ2n) is 7.31. The molecule has 1 aromatic heterocycles. The Labute approximate surface area is 208 Å². The molecule has 0 radical (unpaired) electrons. The van der Waals surface area contributed by atoms with E-state index in [1.165, 1.54) is 11.8 Å². The maximum Gasteiger partial charge on any atom is 0.338 e. The summed E-state index contributed by atoms with van der Waals surface area (Å²) >= 11 is 1.26. The van der Waals surface area contributed by atoms with Crippen LogP contribution in [0.2, 0.25) is 0 Å². The van der Waals surface area contributed by atoms with Crippen LogP contribution in [0.1, 0.15) is 36.1 Å². The molecule has 9 nitrogen and oxygen atoms in total. The molecule has 35 heavy (non-hydrogen) atoms. The smallest absolute Gasteiger partial charge is 0.338 e. The number of rotatable bonds is 12. The summed E-state index contributed by atoms with van der Waals surface area (Å²) in [4.78, 5) is 24.2. The third-order valence-corrected chi connectivity index (χ3v) is 5.77. The van der Waals surface area contributed by atoms with Gasteiger partial charge in [0.2, 0.25) is 5.91 Å². The minimum absolute atomic E-state index is 0.128. The summed E-state index contributed by atoms with van der Waals surface area (Å²) in [6, 6.07) is 13.8. The van der Waals surface area contributed by atoms with Crippen LogP contribution in [0.25, 0.3) is 0 Å². The second-order valence-corrected chi connectivity index (χ2v) is 8.25. The van der Waals surface area contributed by atoms with Crippen molar-refractivity contribution in [3.63, 3.8) is 0 Å². The number of hydrogen-bond donors (Lipinski definition) is 1. The van der Waals surface area contributed by atoms with Gasteiger partial charge in [-0.15, -0.1) is 16.8 Å². The highest BCUT2D eigenvalue weighted by molar-refractivity contribution is 7.99. The maximum atomic E-state index is 12.5. The van der Waals surface area contributed by atoms with Crippen LogP contribution >= 0.6 is 11.8 Å². The first-order valence-corrected chi connectivity index (χ1v) is 12.0. The zero-order chi connectivity index (χ0) is 25.2. The molecule has 10 heteroatoms. The van der Waals surface area contributed by atoms with Crippen LogP contribution in [0.3, 0.4) is 0 Å². The van der Waals surface area contributed by atoms with Gasteiger partial charge in [-0.2, -0.15) is 0 Å². The lowest BCUT2D eigenvalue weighted by atomic mass is 10.2. The van der Waals surface area contributed by atoms with Gasteiger partial charge in [-0.3, -0.25) is 9.36 Å². The molecule has 184 valence electrons. The summed E-state index contributed by atoms with van der Waals surface area (Å²) in [5, 5.41) is 11.9. The van der Waals surface area contributed by atoms with Crippen molar-refractivity contribution in [3.8, 4) is 11.5 Å². The summed E-state index contributed by atoms with van der Waals surface area (Å²) in [5.74, 6) is 1.56. The molecule has 3 aromatic rings. The van der Waals surface area contributed by atoms with Gasteiger partial charge < -0.3 is 19.5 Å². The Morgan fingerprint density at radius 1 is 1.11 bits per heavy atom. The standard InChI is InChI=1S/C25H28N4O5S/c1-5-15-29-23(17(3)34-21-13-11-20(32-4)12-14-21)27-28-25(29)35-16-22(30)26-19-9-7-18(8-10-19)24(31)33-6-2/h5,7-14,17H,1,6,15-16H2,2-4H3,(H,26,30). The summed E-state index contributed by atoms with van der Waals surface area (Å²) in [7, 11) is 1.61. The van der Waals surface area contributed by atoms with Crippen LogP contribution in [0.15, 0.2) is 66.3 Å². The van der Waals surface area contributed by atoms with Crippen LogP contribution in [-0.2, 0) is 16.1 Å². The van der Waals surface area contributed by atoms with Crippen molar-refractivity contribution < 1.29 is 23.8 Å². The van der Waals surface area contributed by atoms with E-state index in [0.29, 0.717) is 41.1 Å². The van der Waals surface area contributed by atoms with Gasteiger partial charge >= 0.3 is 5.97 Å². The molecule has 1 atom stereocenters. The molecule has 0 aliphatic carbocycles. The highest BCUT2D eigenvalue weighted by Gasteiger charge is 2.20. The Morgan fingerprint density at radius 2 is 1.80 bits per heavy atom. The van der Waals surface area contributed by atoms with E-state index in [1.807, 2.05) is 35.8 Å². The third-order valence-electron chi connectivity index (χ3n) is 4.81. The zero-order valence-corrected chi connectivity index (χ0v) is 20.7. The van der Waals surface area contributed by atoms with E-state index in [2.05, 4.69) is 22.1 Å². The number of benzene rings is 2. The Morgan fingerprint density at radius 3 is 2.43 bits per heavy atom. The van der Waals surface area contributed by atoms with E-state index in [9.17, 15) is 9.59 Å². The van der Waals surface area contributed by atoms with E-state index >= 15 is 0 Å². The van der Waals surface area contributed by atoms with E-state index in [-0.39, 0.29) is 17.8 Å². The number of methoxy groups -OCH3 is 1. The van der Waals surface area contributed by atoms with Crippen LogP contribution in [-0.4, -0.2) is 46.1 Å². The molecule has 1 amide bonds. The molecule has 1 heterocycles. The van der Waals surface area contributed by atoms with Gasteiger partial charge in [0, 0.05) is 12.2 Å². The van der Waals surface area contributed by atoms with E-state index in [4.69, 9.17) is 14.2 Å². The lowest BCUT2D eigenvalue weighted by Crippen LogP contribution is -2.15. The number of allylic oxidation sites excluding steroid dienone is 1. The maximum absolute atomic E-state index is 12.5. The van der Waals surface area contributed by atoms with Crippen LogP contribution in [0.5, 0.6) is 11.5 Å². The fourth-order valence-corrected chi connectivity index (χ4v) is 3.91. The highest BCUT2D eigenvalue weighted by Crippen LogP contribution is 2.26. The number of ether oxygens (including phenoxy) is 3. The first-order chi connectivity index (χ1) is 16.9. The van der Waals surface area contributed by atoms with Gasteiger partial charge in [0.1, 0.15) is 11.5 Å². The topological polar surface area (TPSA) is 105 Å². The molecular formula is C25H28N4O5S. The van der Waals surface area contributed by atoms with Crippen molar-refractivity contribution >= 4 is 29.3 Å². The number of hydrogen-bond acceptors (Lipinski definition) is 8. The normalized spacial score (nSPS) is 11.4. The number of esters is 1. The van der Waals surface area contributed by atoms with Gasteiger partial charge in [-0.25, -0.2) is 4.79 Å². The van der Waals surface area contributed by atoms with Crippen molar-refractivity contribution in [2.24, 2.45) is 0 Å². The number of amides is 1. The van der Waals surface area contributed by atoms with Gasteiger partial charge in [-0.05, 0) is 62.4 Å². The number of nitrogens with zero attached hydrogens (tertiary/aromatic N) is 3. The highest BCUT2D eigenvalue weighted by atomic mass is 32.2.